The normalized spacial score (nSPS) is 16.0. The fraction of sp³-hybridized carbons (Fsp3) is 0.389. The maximum Gasteiger partial charge on any atom is 0.341 e. The molecule has 1 aromatic heterocycles. The van der Waals surface area contributed by atoms with Crippen LogP contribution in [0.25, 0.3) is 22.3 Å². The molecular formula is C36H42ClNO10S2. The highest BCUT2D eigenvalue weighted by molar-refractivity contribution is 8.10. The molecule has 1 aliphatic rings. The molecule has 270 valence electrons. The molecule has 0 bridgehead atoms. The van der Waals surface area contributed by atoms with Crippen molar-refractivity contribution in [2.75, 3.05) is 52.5 Å². The summed E-state index contributed by atoms with van der Waals surface area (Å²) in [6, 6.07) is 18.5. The molecule has 14 heteroatoms. The predicted octanol–water partition coefficient (Wildman–Crippen LogP) is 5.55. The molecule has 4 aromatic rings. The van der Waals surface area contributed by atoms with Gasteiger partial charge in [0.15, 0.2) is 46.3 Å². The van der Waals surface area contributed by atoms with Crippen molar-refractivity contribution < 1.29 is 40.3 Å². The van der Waals surface area contributed by atoms with Crippen molar-refractivity contribution in [1.29, 1.82) is 0 Å². The molecule has 0 spiro atoms. The van der Waals surface area contributed by atoms with Crippen LogP contribution in [0.3, 0.4) is 0 Å². The summed E-state index contributed by atoms with van der Waals surface area (Å²) in [5, 5.41) is 0.291. The molecule has 0 unspecified atom stereocenters. The van der Waals surface area contributed by atoms with Gasteiger partial charge in [-0.25, -0.2) is 21.6 Å². The van der Waals surface area contributed by atoms with E-state index in [-0.39, 0.29) is 77.7 Å². The van der Waals surface area contributed by atoms with E-state index in [4.69, 9.17) is 18.6 Å². The van der Waals surface area contributed by atoms with E-state index in [9.17, 15) is 26.4 Å². The number of benzene rings is 3. The van der Waals surface area contributed by atoms with E-state index in [1.54, 1.807) is 25.1 Å². The van der Waals surface area contributed by atoms with Crippen LogP contribution in [0.5, 0.6) is 11.5 Å². The van der Waals surface area contributed by atoms with Crippen LogP contribution in [0.4, 0.5) is 0 Å². The number of carbonyl (C=O) groups is 1. The summed E-state index contributed by atoms with van der Waals surface area (Å²) in [4.78, 5) is 28.2. The van der Waals surface area contributed by atoms with Crippen LogP contribution in [0.1, 0.15) is 47.2 Å². The van der Waals surface area contributed by atoms with E-state index in [0.29, 0.717) is 42.0 Å². The van der Waals surface area contributed by atoms with Gasteiger partial charge in [-0.15, -0.1) is 12.4 Å². The van der Waals surface area contributed by atoms with Crippen molar-refractivity contribution in [3.63, 3.8) is 0 Å². The molecule has 0 atom stereocenters. The molecule has 1 aliphatic heterocycles. The highest BCUT2D eigenvalue weighted by Gasteiger charge is 2.57. The van der Waals surface area contributed by atoms with Gasteiger partial charge < -0.3 is 23.5 Å². The number of nitrogens with zero attached hydrogens (tertiary/aromatic N) is 1. The number of carbonyl (C=O) groups excluding carboxylic acids is 1. The second kappa shape index (κ2) is 16.0. The van der Waals surface area contributed by atoms with Crippen molar-refractivity contribution in [3.8, 4) is 22.8 Å². The van der Waals surface area contributed by atoms with Crippen LogP contribution < -0.4 is 14.9 Å². The number of esters is 1. The predicted molar refractivity (Wildman–Crippen MR) is 195 cm³/mol. The highest BCUT2D eigenvalue weighted by Crippen LogP contribution is 2.47. The third kappa shape index (κ3) is 7.41. The standard InChI is InChI=1S/C36H41NO10S2.ClH/c1-25-32(38)28-14-8-15-29(34(28)47-33(25)26-12-6-5-7-13-26)35(39)46-21-10-20-37(2)19-9-18-36(48(40,41)22-11-23-49(36,42)43)27-16-17-30(44-3)31(24-27)45-4;/h5-8,12-17,24H,9-11,18-23H2,1-4H3;1H. The fourth-order valence-corrected chi connectivity index (χ4v) is 12.3. The van der Waals surface area contributed by atoms with E-state index in [1.807, 2.05) is 42.3 Å². The first-order chi connectivity index (χ1) is 23.4. The Balaban J connectivity index is 0.00000562. The number of fused-ring (bicyclic) bond motifs is 1. The van der Waals surface area contributed by atoms with Gasteiger partial charge in [0.2, 0.25) is 0 Å². The van der Waals surface area contributed by atoms with E-state index in [0.717, 1.165) is 5.56 Å². The molecule has 2 heterocycles. The maximum atomic E-state index is 13.6. The molecule has 0 amide bonds. The Morgan fingerprint density at radius 2 is 1.54 bits per heavy atom. The Labute approximate surface area is 298 Å². The summed E-state index contributed by atoms with van der Waals surface area (Å²) >= 11 is 0. The average Bonchev–Trinajstić information content (AvgIpc) is 3.09. The third-order valence-corrected chi connectivity index (χ3v) is 15.1. The van der Waals surface area contributed by atoms with Crippen molar-refractivity contribution in [3.05, 3.63) is 93.6 Å². The Morgan fingerprint density at radius 3 is 2.20 bits per heavy atom. The van der Waals surface area contributed by atoms with Gasteiger partial charge in [-0.1, -0.05) is 42.5 Å². The Morgan fingerprint density at radius 1 is 0.880 bits per heavy atom. The quantitative estimate of drug-likeness (QED) is 0.125. The van der Waals surface area contributed by atoms with E-state index < -0.39 is 29.7 Å². The topological polar surface area (TPSA) is 146 Å². The molecule has 0 N–H and O–H groups in total. The van der Waals surface area contributed by atoms with Gasteiger partial charge in [-0.2, -0.15) is 0 Å². The maximum absolute atomic E-state index is 13.6. The molecule has 0 radical (unpaired) electrons. The molecule has 11 nitrogen and oxygen atoms in total. The van der Waals surface area contributed by atoms with Crippen LogP contribution in [-0.4, -0.2) is 80.2 Å². The molecule has 0 aliphatic carbocycles. The van der Waals surface area contributed by atoms with Gasteiger partial charge in [-0.05, 0) is 76.0 Å². The summed E-state index contributed by atoms with van der Waals surface area (Å²) in [7, 11) is -3.45. The number of sulfone groups is 2. The largest absolute Gasteiger partial charge is 0.493 e. The number of hydrogen-bond donors (Lipinski definition) is 0. The first kappa shape index (κ1) is 38.9. The number of methoxy groups -OCH3 is 2. The molecule has 5 rings (SSSR count). The lowest BCUT2D eigenvalue weighted by Crippen LogP contribution is -2.50. The minimum atomic E-state index is -4.07. The van der Waals surface area contributed by atoms with Gasteiger partial charge in [0.05, 0.1) is 37.7 Å². The van der Waals surface area contributed by atoms with Crippen LogP contribution in [0.2, 0.25) is 0 Å². The minimum absolute atomic E-state index is 0. The first-order valence-corrected chi connectivity index (χ1v) is 19.3. The zero-order chi connectivity index (χ0) is 35.4. The van der Waals surface area contributed by atoms with E-state index >= 15 is 0 Å². The van der Waals surface area contributed by atoms with Gasteiger partial charge in [0, 0.05) is 17.7 Å². The monoisotopic (exact) mass is 747 g/mol. The van der Waals surface area contributed by atoms with Crippen LogP contribution in [0, 0.1) is 6.92 Å². The van der Waals surface area contributed by atoms with Gasteiger partial charge in [-0.3, -0.25) is 4.79 Å². The molecular weight excluding hydrogens is 706 g/mol. The SMILES string of the molecule is COc1ccc(C2(CCCN(C)CCCOC(=O)c3cccc4c(=O)c(C)c(-c5ccccc5)oc34)S(=O)(=O)CCCS2(=O)=O)cc1OC.Cl. The Bertz CT molecular complexity index is 2080. The summed E-state index contributed by atoms with van der Waals surface area (Å²) in [6.07, 6.45) is 0.671. The van der Waals surface area contributed by atoms with Gasteiger partial charge in [0.25, 0.3) is 0 Å². The molecule has 50 heavy (non-hydrogen) atoms. The number of para-hydroxylation sites is 1. The second-order valence-corrected chi connectivity index (χ2v) is 17.1. The third-order valence-electron chi connectivity index (χ3n) is 9.02. The van der Waals surface area contributed by atoms with Crippen LogP contribution >= 0.6 is 12.4 Å². The van der Waals surface area contributed by atoms with Crippen LogP contribution in [-0.2, 0) is 28.5 Å². The number of hydrogen-bond acceptors (Lipinski definition) is 11. The smallest absolute Gasteiger partial charge is 0.341 e. The van der Waals surface area contributed by atoms with E-state index in [1.165, 1.54) is 32.4 Å². The fourth-order valence-electron chi connectivity index (χ4n) is 6.46. The minimum Gasteiger partial charge on any atom is -0.493 e. The Kier molecular flexibility index (Phi) is 12.4. The van der Waals surface area contributed by atoms with Crippen molar-refractivity contribution >= 4 is 49.0 Å². The lowest BCUT2D eigenvalue weighted by molar-refractivity contribution is 0.0492. The summed E-state index contributed by atoms with van der Waals surface area (Å²) < 4.78 is 74.7. The van der Waals surface area contributed by atoms with Gasteiger partial charge >= 0.3 is 5.97 Å². The zero-order valence-corrected chi connectivity index (χ0v) is 30.9. The Hall–Kier alpha value is -3.91. The van der Waals surface area contributed by atoms with E-state index in [2.05, 4.69) is 0 Å². The molecule has 1 fully saturated rings. The van der Waals surface area contributed by atoms with Crippen molar-refractivity contribution in [1.82, 2.24) is 4.90 Å². The van der Waals surface area contributed by atoms with Crippen LogP contribution in [0.15, 0.2) is 75.9 Å². The summed E-state index contributed by atoms with van der Waals surface area (Å²) in [5.74, 6) is -0.0705. The van der Waals surface area contributed by atoms with Gasteiger partial charge in [0.1, 0.15) is 11.3 Å². The lowest BCUT2D eigenvalue weighted by Gasteiger charge is -2.37. The zero-order valence-electron chi connectivity index (χ0n) is 28.5. The molecule has 0 saturated carbocycles. The summed E-state index contributed by atoms with van der Waals surface area (Å²) in [6.45, 7) is 2.68. The molecule has 3 aromatic carbocycles. The lowest BCUT2D eigenvalue weighted by atomic mass is 10.0. The number of halogens is 1. The number of rotatable bonds is 13. The number of ether oxygens (including phenoxy) is 3. The first-order valence-electron chi connectivity index (χ1n) is 16.0. The molecule has 1 saturated heterocycles. The second-order valence-electron chi connectivity index (χ2n) is 12.1. The average molecular weight is 748 g/mol. The highest BCUT2D eigenvalue weighted by atomic mass is 35.5. The summed E-state index contributed by atoms with van der Waals surface area (Å²) in [5.41, 5.74) is 1.40. The van der Waals surface area contributed by atoms with Crippen molar-refractivity contribution in [2.24, 2.45) is 0 Å². The van der Waals surface area contributed by atoms with Crippen molar-refractivity contribution in [2.45, 2.75) is 36.7 Å².